The minimum absolute atomic E-state index is 0.288. The Kier molecular flexibility index (Phi) is 8.27. The molecule has 0 spiro atoms. The second-order valence-electron chi connectivity index (χ2n) is 7.69. The number of hydrogen-bond acceptors (Lipinski definition) is 6. The van der Waals surface area contributed by atoms with Crippen LogP contribution in [0.5, 0.6) is 11.5 Å². The molecule has 7 nitrogen and oxygen atoms in total. The van der Waals surface area contributed by atoms with E-state index in [1.165, 1.54) is 12.3 Å². The van der Waals surface area contributed by atoms with Crippen molar-refractivity contribution in [2.45, 2.75) is 19.8 Å². The van der Waals surface area contributed by atoms with Gasteiger partial charge in [0.2, 0.25) is 0 Å². The second-order valence-corrected chi connectivity index (χ2v) is 7.69. The van der Waals surface area contributed by atoms with Crippen molar-refractivity contribution in [3.8, 4) is 22.6 Å². The van der Waals surface area contributed by atoms with Crippen LogP contribution in [-0.4, -0.2) is 50.8 Å². The third kappa shape index (κ3) is 6.02. The standard InChI is InChI=1S/C26H29NO6/c1-17-12-24(28)23(26(29)30)16-27-9-8-19-14-25(33-11-5-10-31-2)22(15-21(17)19)18-6-4-7-20(13-18)32-3/h4,6-7,12-16,27H,5,8-11H2,1-3H3,(H,29,30)/b17-12+,23-16+. The van der Waals surface area contributed by atoms with Crippen LogP contribution < -0.4 is 14.8 Å². The fourth-order valence-corrected chi connectivity index (χ4v) is 3.69. The number of methoxy groups -OCH3 is 2. The second kappa shape index (κ2) is 11.3. The van der Waals surface area contributed by atoms with Crippen molar-refractivity contribution in [2.24, 2.45) is 0 Å². The van der Waals surface area contributed by atoms with Gasteiger partial charge in [-0.25, -0.2) is 4.79 Å². The van der Waals surface area contributed by atoms with E-state index in [0.717, 1.165) is 40.2 Å². The Morgan fingerprint density at radius 2 is 1.94 bits per heavy atom. The van der Waals surface area contributed by atoms with Gasteiger partial charge in [-0.3, -0.25) is 4.79 Å². The van der Waals surface area contributed by atoms with E-state index in [9.17, 15) is 14.7 Å². The van der Waals surface area contributed by atoms with Crippen LogP contribution in [0.3, 0.4) is 0 Å². The van der Waals surface area contributed by atoms with Gasteiger partial charge in [0.05, 0.1) is 13.7 Å². The van der Waals surface area contributed by atoms with Crippen molar-refractivity contribution in [1.82, 2.24) is 5.32 Å². The first-order chi connectivity index (χ1) is 15.9. The van der Waals surface area contributed by atoms with Crippen molar-refractivity contribution in [3.05, 3.63) is 65.4 Å². The molecular weight excluding hydrogens is 422 g/mol. The van der Waals surface area contributed by atoms with E-state index in [0.29, 0.717) is 31.8 Å². The molecule has 0 radical (unpaired) electrons. The topological polar surface area (TPSA) is 94.1 Å². The zero-order chi connectivity index (χ0) is 23.8. The summed E-state index contributed by atoms with van der Waals surface area (Å²) in [7, 11) is 3.28. The highest BCUT2D eigenvalue weighted by Crippen LogP contribution is 2.37. The number of carboxylic acid groups (broad SMARTS) is 1. The Morgan fingerprint density at radius 3 is 2.67 bits per heavy atom. The van der Waals surface area contributed by atoms with Crippen LogP contribution in [0.4, 0.5) is 0 Å². The van der Waals surface area contributed by atoms with Crippen LogP contribution in [0, 0.1) is 0 Å². The lowest BCUT2D eigenvalue weighted by Crippen LogP contribution is -2.19. The van der Waals surface area contributed by atoms with E-state index in [1.54, 1.807) is 14.2 Å². The zero-order valence-corrected chi connectivity index (χ0v) is 19.1. The van der Waals surface area contributed by atoms with Gasteiger partial charge in [-0.1, -0.05) is 12.1 Å². The number of rotatable bonds is 8. The number of ketones is 1. The summed E-state index contributed by atoms with van der Waals surface area (Å²) in [5, 5.41) is 12.3. The normalized spacial score (nSPS) is 17.0. The molecule has 0 bridgehead atoms. The van der Waals surface area contributed by atoms with Crippen LogP contribution >= 0.6 is 0 Å². The number of carboxylic acids is 1. The number of allylic oxidation sites excluding steroid dienone is 2. The molecule has 2 aromatic rings. The summed E-state index contributed by atoms with van der Waals surface area (Å²) < 4.78 is 16.7. The lowest BCUT2D eigenvalue weighted by molar-refractivity contribution is -0.134. The third-order valence-electron chi connectivity index (χ3n) is 5.39. The summed E-state index contributed by atoms with van der Waals surface area (Å²) in [4.78, 5) is 24.1. The molecule has 2 N–H and O–H groups in total. The van der Waals surface area contributed by atoms with Crippen molar-refractivity contribution in [3.63, 3.8) is 0 Å². The van der Waals surface area contributed by atoms with Gasteiger partial charge in [-0.15, -0.1) is 0 Å². The average Bonchev–Trinajstić information content (AvgIpc) is 2.81. The number of nitrogens with one attached hydrogen (secondary N) is 1. The monoisotopic (exact) mass is 451 g/mol. The molecule has 0 atom stereocenters. The Balaban J connectivity index is 2.11. The van der Waals surface area contributed by atoms with Crippen LogP contribution in [0.25, 0.3) is 16.7 Å². The number of benzene rings is 2. The third-order valence-corrected chi connectivity index (χ3v) is 5.39. The van der Waals surface area contributed by atoms with E-state index >= 15 is 0 Å². The Hall–Kier alpha value is -3.58. The first kappa shape index (κ1) is 24.1. The summed E-state index contributed by atoms with van der Waals surface area (Å²) in [6, 6.07) is 11.7. The van der Waals surface area contributed by atoms with E-state index < -0.39 is 11.8 Å². The predicted molar refractivity (Wildman–Crippen MR) is 127 cm³/mol. The maximum absolute atomic E-state index is 12.6. The van der Waals surface area contributed by atoms with Crippen LogP contribution in [0.2, 0.25) is 0 Å². The largest absolute Gasteiger partial charge is 0.497 e. The lowest BCUT2D eigenvalue weighted by atomic mass is 9.91. The molecule has 174 valence electrons. The highest BCUT2D eigenvalue weighted by molar-refractivity contribution is 6.22. The summed E-state index contributed by atoms with van der Waals surface area (Å²) in [5.74, 6) is -0.353. The summed E-state index contributed by atoms with van der Waals surface area (Å²) in [6.07, 6.45) is 4.03. The van der Waals surface area contributed by atoms with E-state index in [-0.39, 0.29) is 5.57 Å². The van der Waals surface area contributed by atoms with Crippen molar-refractivity contribution < 1.29 is 28.9 Å². The highest BCUT2D eigenvalue weighted by atomic mass is 16.5. The molecule has 3 rings (SSSR count). The zero-order valence-electron chi connectivity index (χ0n) is 19.1. The Bertz CT molecular complexity index is 1090. The van der Waals surface area contributed by atoms with E-state index in [2.05, 4.69) is 5.32 Å². The predicted octanol–water partition coefficient (Wildman–Crippen LogP) is 3.86. The minimum Gasteiger partial charge on any atom is -0.497 e. The molecule has 0 fully saturated rings. The van der Waals surface area contributed by atoms with Crippen molar-refractivity contribution >= 4 is 17.3 Å². The molecular formula is C26H29NO6. The quantitative estimate of drug-likeness (QED) is 0.465. The summed E-state index contributed by atoms with van der Waals surface area (Å²) in [5.41, 5.74) is 4.06. The van der Waals surface area contributed by atoms with Gasteiger partial charge in [0.1, 0.15) is 17.1 Å². The molecule has 0 saturated heterocycles. The maximum atomic E-state index is 12.6. The SMILES string of the molecule is COCCCOc1cc2c(cc1-c1cccc(OC)c1)/C(C)=C/C(=O)/C(C(=O)O)=C\NCC2. The molecule has 2 aromatic carbocycles. The number of carbonyl (C=O) groups excluding carboxylic acids is 1. The summed E-state index contributed by atoms with van der Waals surface area (Å²) in [6.45, 7) is 3.40. The van der Waals surface area contributed by atoms with Gasteiger partial charge in [-0.05, 0) is 65.9 Å². The van der Waals surface area contributed by atoms with Gasteiger partial charge >= 0.3 is 5.97 Å². The molecule has 1 heterocycles. The minimum atomic E-state index is -1.26. The van der Waals surface area contributed by atoms with Gasteiger partial charge in [0, 0.05) is 38.4 Å². The number of hydrogen-bond donors (Lipinski definition) is 2. The Morgan fingerprint density at radius 1 is 1.12 bits per heavy atom. The van der Waals surface area contributed by atoms with Gasteiger partial charge in [0.15, 0.2) is 5.78 Å². The summed E-state index contributed by atoms with van der Waals surface area (Å²) >= 11 is 0. The number of ether oxygens (including phenoxy) is 3. The fraction of sp³-hybridized carbons (Fsp3) is 0.308. The Labute approximate surface area is 193 Å². The fourth-order valence-electron chi connectivity index (χ4n) is 3.69. The molecule has 1 aliphatic heterocycles. The molecule has 0 aromatic heterocycles. The van der Waals surface area contributed by atoms with E-state index in [4.69, 9.17) is 14.2 Å². The number of carbonyl (C=O) groups is 2. The molecule has 1 aliphatic rings. The molecule has 0 amide bonds. The maximum Gasteiger partial charge on any atom is 0.341 e. The van der Waals surface area contributed by atoms with E-state index in [1.807, 2.05) is 43.3 Å². The smallest absolute Gasteiger partial charge is 0.341 e. The van der Waals surface area contributed by atoms with Crippen LogP contribution in [-0.2, 0) is 20.7 Å². The van der Waals surface area contributed by atoms with Gasteiger partial charge in [-0.2, -0.15) is 0 Å². The highest BCUT2D eigenvalue weighted by Gasteiger charge is 2.19. The molecule has 7 heteroatoms. The number of fused-ring (bicyclic) bond motifs is 1. The van der Waals surface area contributed by atoms with Crippen molar-refractivity contribution in [2.75, 3.05) is 34.0 Å². The van der Waals surface area contributed by atoms with Crippen molar-refractivity contribution in [1.29, 1.82) is 0 Å². The lowest BCUT2D eigenvalue weighted by Gasteiger charge is -2.19. The van der Waals surface area contributed by atoms with Gasteiger partial charge in [0.25, 0.3) is 0 Å². The first-order valence-corrected chi connectivity index (χ1v) is 10.8. The van der Waals surface area contributed by atoms with Crippen LogP contribution in [0.1, 0.15) is 24.5 Å². The average molecular weight is 452 g/mol. The molecule has 0 unspecified atom stereocenters. The first-order valence-electron chi connectivity index (χ1n) is 10.8. The molecule has 0 saturated carbocycles. The number of aliphatic carboxylic acids is 1. The van der Waals surface area contributed by atoms with Gasteiger partial charge < -0.3 is 24.6 Å². The van der Waals surface area contributed by atoms with Crippen LogP contribution in [0.15, 0.2) is 54.2 Å². The molecule has 33 heavy (non-hydrogen) atoms. The molecule has 0 aliphatic carbocycles.